The average molecular weight is 252 g/mol. The Bertz CT molecular complexity index is 686. The van der Waals surface area contributed by atoms with Crippen LogP contribution in [-0.4, -0.2) is 17.3 Å². The molecule has 0 spiro atoms. The first-order chi connectivity index (χ1) is 9.28. The average Bonchev–Trinajstić information content (AvgIpc) is 2.48. The highest BCUT2D eigenvalue weighted by Crippen LogP contribution is 2.32. The predicted molar refractivity (Wildman–Crippen MR) is 64.5 cm³/mol. The molecule has 6 nitrogen and oxygen atoms in total. The van der Waals surface area contributed by atoms with E-state index in [1.165, 1.54) is 25.4 Å². The Hall–Kier alpha value is -3.12. The van der Waals surface area contributed by atoms with Crippen molar-refractivity contribution in [3.05, 3.63) is 41.6 Å². The lowest BCUT2D eigenvalue weighted by molar-refractivity contribution is 0.372. The second-order valence-corrected chi connectivity index (χ2v) is 3.44. The topological polar surface area (TPSA) is 91.8 Å². The highest BCUT2D eigenvalue weighted by atomic mass is 16.5. The number of methoxy groups -OCH3 is 1. The maximum Gasteiger partial charge on any atom is 0.257 e. The van der Waals surface area contributed by atoms with Crippen molar-refractivity contribution in [2.75, 3.05) is 7.11 Å². The van der Waals surface area contributed by atoms with Crippen LogP contribution in [0.25, 0.3) is 0 Å². The van der Waals surface area contributed by atoms with Gasteiger partial charge in [0.25, 0.3) is 5.88 Å². The minimum atomic E-state index is 0.0907. The predicted octanol–water partition coefficient (Wildman–Crippen LogP) is 2.02. The molecule has 6 heteroatoms. The number of nitrogens with zero attached hydrogens (tertiary/aromatic N) is 4. The molecule has 0 N–H and O–H groups in total. The maximum absolute atomic E-state index is 8.93. The number of benzene rings is 1. The van der Waals surface area contributed by atoms with Crippen molar-refractivity contribution in [2.45, 2.75) is 0 Å². The van der Waals surface area contributed by atoms with E-state index in [1.54, 1.807) is 12.1 Å². The van der Waals surface area contributed by atoms with Crippen LogP contribution in [0.3, 0.4) is 0 Å². The molecule has 2 aromatic rings. The first-order valence-electron chi connectivity index (χ1n) is 5.26. The van der Waals surface area contributed by atoms with E-state index < -0.39 is 0 Å². The van der Waals surface area contributed by atoms with Crippen LogP contribution in [0.5, 0.6) is 17.4 Å². The molecule has 0 saturated carbocycles. The van der Waals surface area contributed by atoms with E-state index in [0.29, 0.717) is 17.1 Å². The van der Waals surface area contributed by atoms with Crippen LogP contribution in [0.4, 0.5) is 0 Å². The number of ether oxygens (including phenoxy) is 2. The highest BCUT2D eigenvalue weighted by Gasteiger charge is 2.11. The molecule has 0 amide bonds. The molecule has 0 radical (unpaired) electrons. The van der Waals surface area contributed by atoms with E-state index in [1.807, 2.05) is 12.1 Å². The largest absolute Gasteiger partial charge is 0.493 e. The van der Waals surface area contributed by atoms with E-state index in [2.05, 4.69) is 10.2 Å². The SMILES string of the molecule is COc1cc(C#N)ccc1Oc1nnccc1C#N. The molecule has 0 saturated heterocycles. The molecule has 1 aromatic carbocycles. The minimum Gasteiger partial charge on any atom is -0.493 e. The number of hydrogen-bond donors (Lipinski definition) is 0. The normalized spacial score (nSPS) is 9.21. The van der Waals surface area contributed by atoms with Gasteiger partial charge >= 0.3 is 0 Å². The molecule has 0 aliphatic carbocycles. The van der Waals surface area contributed by atoms with Crippen molar-refractivity contribution in [2.24, 2.45) is 0 Å². The van der Waals surface area contributed by atoms with Gasteiger partial charge in [0, 0.05) is 6.07 Å². The molecule has 19 heavy (non-hydrogen) atoms. The van der Waals surface area contributed by atoms with Gasteiger partial charge in [0.15, 0.2) is 11.5 Å². The van der Waals surface area contributed by atoms with Gasteiger partial charge in [-0.2, -0.15) is 15.6 Å². The van der Waals surface area contributed by atoms with Crippen LogP contribution >= 0.6 is 0 Å². The fourth-order valence-electron chi connectivity index (χ4n) is 1.40. The minimum absolute atomic E-state index is 0.0907. The molecule has 0 fully saturated rings. The monoisotopic (exact) mass is 252 g/mol. The number of nitriles is 2. The molecule has 92 valence electrons. The van der Waals surface area contributed by atoms with Gasteiger partial charge in [0.2, 0.25) is 0 Å². The molecular formula is C13H8N4O2. The van der Waals surface area contributed by atoms with E-state index in [0.717, 1.165) is 0 Å². The first kappa shape index (κ1) is 12.3. The third-order valence-corrected chi connectivity index (χ3v) is 2.31. The van der Waals surface area contributed by atoms with Crippen LogP contribution in [0.1, 0.15) is 11.1 Å². The Labute approximate surface area is 109 Å². The zero-order valence-corrected chi connectivity index (χ0v) is 9.99. The van der Waals surface area contributed by atoms with Gasteiger partial charge in [-0.25, -0.2) is 0 Å². The second kappa shape index (κ2) is 5.48. The molecule has 0 atom stereocenters. The number of aromatic nitrogens is 2. The lowest BCUT2D eigenvalue weighted by Crippen LogP contribution is -1.96. The van der Waals surface area contributed by atoms with Gasteiger partial charge in [-0.1, -0.05) is 0 Å². The van der Waals surface area contributed by atoms with Crippen molar-refractivity contribution in [1.29, 1.82) is 10.5 Å². The highest BCUT2D eigenvalue weighted by molar-refractivity contribution is 5.49. The van der Waals surface area contributed by atoms with Crippen molar-refractivity contribution >= 4 is 0 Å². The summed E-state index contributed by atoms with van der Waals surface area (Å²) in [7, 11) is 1.46. The summed E-state index contributed by atoms with van der Waals surface area (Å²) in [6.07, 6.45) is 1.40. The van der Waals surface area contributed by atoms with Crippen LogP contribution in [0.15, 0.2) is 30.5 Å². The molecule has 1 heterocycles. The second-order valence-electron chi connectivity index (χ2n) is 3.44. The summed E-state index contributed by atoms with van der Waals surface area (Å²) in [6.45, 7) is 0. The third kappa shape index (κ3) is 2.59. The quantitative estimate of drug-likeness (QED) is 0.829. The van der Waals surface area contributed by atoms with Gasteiger partial charge in [-0.3, -0.25) is 0 Å². The Balaban J connectivity index is 2.39. The molecule has 0 aliphatic heterocycles. The Morgan fingerprint density at radius 2 is 1.95 bits per heavy atom. The van der Waals surface area contributed by atoms with Crippen molar-refractivity contribution in [1.82, 2.24) is 10.2 Å². The number of hydrogen-bond acceptors (Lipinski definition) is 6. The van der Waals surface area contributed by atoms with E-state index in [-0.39, 0.29) is 11.4 Å². The summed E-state index contributed by atoms with van der Waals surface area (Å²) < 4.78 is 10.6. The van der Waals surface area contributed by atoms with Crippen molar-refractivity contribution in [3.63, 3.8) is 0 Å². The van der Waals surface area contributed by atoms with Gasteiger partial charge < -0.3 is 9.47 Å². The summed E-state index contributed by atoms with van der Waals surface area (Å²) in [5.41, 5.74) is 0.713. The Morgan fingerprint density at radius 1 is 1.11 bits per heavy atom. The smallest absolute Gasteiger partial charge is 0.257 e. The van der Waals surface area contributed by atoms with Gasteiger partial charge in [0.05, 0.1) is 24.9 Å². The fourth-order valence-corrected chi connectivity index (χ4v) is 1.40. The van der Waals surface area contributed by atoms with Crippen LogP contribution in [0.2, 0.25) is 0 Å². The number of rotatable bonds is 3. The summed E-state index contributed by atoms with van der Waals surface area (Å²) in [4.78, 5) is 0. The third-order valence-electron chi connectivity index (χ3n) is 2.31. The summed E-state index contributed by atoms with van der Waals surface area (Å²) >= 11 is 0. The fraction of sp³-hybridized carbons (Fsp3) is 0.0769. The Kier molecular flexibility index (Phi) is 3.56. The zero-order valence-electron chi connectivity index (χ0n) is 9.99. The van der Waals surface area contributed by atoms with Crippen LogP contribution < -0.4 is 9.47 Å². The van der Waals surface area contributed by atoms with E-state index >= 15 is 0 Å². The van der Waals surface area contributed by atoms with Gasteiger partial charge in [0.1, 0.15) is 11.6 Å². The zero-order chi connectivity index (χ0) is 13.7. The Morgan fingerprint density at radius 3 is 2.63 bits per heavy atom. The molecule has 2 rings (SSSR count). The van der Waals surface area contributed by atoms with E-state index in [9.17, 15) is 0 Å². The van der Waals surface area contributed by atoms with Crippen LogP contribution in [-0.2, 0) is 0 Å². The molecule has 1 aromatic heterocycles. The standard InChI is InChI=1S/C13H8N4O2/c1-18-12-6-9(7-14)2-3-11(12)19-13-10(8-15)4-5-16-17-13/h2-6H,1H3. The molecule has 0 unspecified atom stereocenters. The maximum atomic E-state index is 8.93. The molecule has 0 aliphatic rings. The van der Waals surface area contributed by atoms with Crippen molar-refractivity contribution in [3.8, 4) is 29.5 Å². The summed E-state index contributed by atoms with van der Waals surface area (Å²) in [5.74, 6) is 0.833. The lowest BCUT2D eigenvalue weighted by atomic mass is 10.2. The lowest BCUT2D eigenvalue weighted by Gasteiger charge is -2.09. The molecule has 0 bridgehead atoms. The van der Waals surface area contributed by atoms with Gasteiger partial charge in [-0.05, 0) is 18.2 Å². The molecular weight excluding hydrogens is 244 g/mol. The van der Waals surface area contributed by atoms with E-state index in [4.69, 9.17) is 20.0 Å². The first-order valence-corrected chi connectivity index (χ1v) is 5.26. The van der Waals surface area contributed by atoms with Crippen molar-refractivity contribution < 1.29 is 9.47 Å². The van der Waals surface area contributed by atoms with Crippen LogP contribution in [0, 0.1) is 22.7 Å². The summed E-state index contributed by atoms with van der Waals surface area (Å²) in [6, 6.07) is 10.2. The van der Waals surface area contributed by atoms with Gasteiger partial charge in [-0.15, -0.1) is 5.10 Å². The summed E-state index contributed by atoms with van der Waals surface area (Å²) in [5, 5.41) is 25.1.